The molecule has 0 aliphatic carbocycles. The van der Waals surface area contributed by atoms with Crippen molar-refractivity contribution in [3.63, 3.8) is 0 Å². The van der Waals surface area contributed by atoms with Crippen molar-refractivity contribution in [3.8, 4) is 0 Å². The summed E-state index contributed by atoms with van der Waals surface area (Å²) < 4.78 is 13.3. The lowest BCUT2D eigenvalue weighted by atomic mass is 10.1. The van der Waals surface area contributed by atoms with E-state index in [0.717, 1.165) is 11.3 Å². The highest BCUT2D eigenvalue weighted by atomic mass is 19.1. The molecule has 6 heteroatoms. The van der Waals surface area contributed by atoms with E-state index in [1.807, 2.05) is 18.2 Å². The first-order chi connectivity index (χ1) is 12.0. The molecule has 0 saturated carbocycles. The average Bonchev–Trinajstić information content (AvgIpc) is 2.97. The largest absolute Gasteiger partial charge is 0.352 e. The minimum absolute atomic E-state index is 0.0385. The van der Waals surface area contributed by atoms with Crippen LogP contribution in [0.3, 0.4) is 0 Å². The van der Waals surface area contributed by atoms with Crippen molar-refractivity contribution >= 4 is 11.8 Å². The Balaban J connectivity index is 1.54. The number of carbonyl (C=O) groups excluding carboxylic acids is 2. The highest BCUT2D eigenvalue weighted by molar-refractivity contribution is 5.89. The number of benzene rings is 1. The summed E-state index contributed by atoms with van der Waals surface area (Å²) in [7, 11) is 0. The molecule has 130 valence electrons. The van der Waals surface area contributed by atoms with Crippen LogP contribution in [0, 0.1) is 18.7 Å². The Kier molecular flexibility index (Phi) is 5.07. The van der Waals surface area contributed by atoms with Crippen molar-refractivity contribution in [2.45, 2.75) is 26.4 Å². The van der Waals surface area contributed by atoms with Gasteiger partial charge in [-0.3, -0.25) is 14.6 Å². The summed E-state index contributed by atoms with van der Waals surface area (Å²) in [6, 6.07) is 10.3. The molecule has 1 aromatic carbocycles. The van der Waals surface area contributed by atoms with Gasteiger partial charge in [0.2, 0.25) is 11.8 Å². The van der Waals surface area contributed by atoms with E-state index in [1.165, 1.54) is 6.07 Å². The Morgan fingerprint density at radius 1 is 1.36 bits per heavy atom. The SMILES string of the molecule is Cc1cc(CNC(=O)[C@H]2CC(=O)N(Cc3ccccn3)C2)ccc1F. The molecule has 1 saturated heterocycles. The molecule has 5 nitrogen and oxygen atoms in total. The maximum Gasteiger partial charge on any atom is 0.225 e. The minimum atomic E-state index is -0.363. The van der Waals surface area contributed by atoms with Crippen LogP contribution in [-0.2, 0) is 22.7 Å². The van der Waals surface area contributed by atoms with Gasteiger partial charge >= 0.3 is 0 Å². The maximum absolute atomic E-state index is 13.3. The highest BCUT2D eigenvalue weighted by Crippen LogP contribution is 2.20. The number of amides is 2. The molecule has 1 fully saturated rings. The minimum Gasteiger partial charge on any atom is -0.352 e. The average molecular weight is 341 g/mol. The zero-order chi connectivity index (χ0) is 17.8. The first-order valence-electron chi connectivity index (χ1n) is 8.23. The zero-order valence-corrected chi connectivity index (χ0v) is 14.0. The predicted molar refractivity (Wildman–Crippen MR) is 90.7 cm³/mol. The molecule has 1 aliphatic heterocycles. The molecule has 25 heavy (non-hydrogen) atoms. The van der Waals surface area contributed by atoms with Crippen molar-refractivity contribution < 1.29 is 14.0 Å². The summed E-state index contributed by atoms with van der Waals surface area (Å²) in [5, 5.41) is 2.84. The van der Waals surface area contributed by atoms with Crippen molar-refractivity contribution in [3.05, 3.63) is 65.2 Å². The smallest absolute Gasteiger partial charge is 0.225 e. The Morgan fingerprint density at radius 2 is 2.20 bits per heavy atom. The Morgan fingerprint density at radius 3 is 2.92 bits per heavy atom. The number of hydrogen-bond donors (Lipinski definition) is 1. The van der Waals surface area contributed by atoms with Gasteiger partial charge in [0.1, 0.15) is 5.82 Å². The van der Waals surface area contributed by atoms with Gasteiger partial charge in [-0.2, -0.15) is 0 Å². The standard InChI is InChI=1S/C19H20FN3O2/c1-13-8-14(5-6-17(13)20)10-22-19(25)15-9-18(24)23(11-15)12-16-4-2-3-7-21-16/h2-8,15H,9-12H2,1H3,(H,22,25)/t15-/m0/s1. The summed E-state index contributed by atoms with van der Waals surface area (Å²) >= 11 is 0. The molecule has 2 amide bonds. The van der Waals surface area contributed by atoms with E-state index in [4.69, 9.17) is 0 Å². The van der Waals surface area contributed by atoms with Gasteiger partial charge in [0.15, 0.2) is 0 Å². The molecule has 1 N–H and O–H groups in total. The highest BCUT2D eigenvalue weighted by Gasteiger charge is 2.34. The zero-order valence-electron chi connectivity index (χ0n) is 14.0. The summed E-state index contributed by atoms with van der Waals surface area (Å²) in [6.07, 6.45) is 1.89. The first kappa shape index (κ1) is 17.1. The van der Waals surface area contributed by atoms with Gasteiger partial charge in [-0.15, -0.1) is 0 Å². The first-order valence-corrected chi connectivity index (χ1v) is 8.23. The van der Waals surface area contributed by atoms with Crippen LogP contribution in [0.1, 0.15) is 23.2 Å². The van der Waals surface area contributed by atoms with Crippen molar-refractivity contribution in [1.82, 2.24) is 15.2 Å². The van der Waals surface area contributed by atoms with Gasteiger partial charge in [0, 0.05) is 25.7 Å². The maximum atomic E-state index is 13.3. The normalized spacial score (nSPS) is 17.0. The number of carbonyl (C=O) groups is 2. The number of nitrogens with one attached hydrogen (secondary N) is 1. The van der Waals surface area contributed by atoms with Gasteiger partial charge in [-0.05, 0) is 36.2 Å². The molecule has 2 aromatic rings. The number of hydrogen-bond acceptors (Lipinski definition) is 3. The Hall–Kier alpha value is -2.76. The third-order valence-electron chi connectivity index (χ3n) is 4.35. The van der Waals surface area contributed by atoms with E-state index >= 15 is 0 Å². The molecule has 0 radical (unpaired) electrons. The van der Waals surface area contributed by atoms with Crippen LogP contribution in [0.2, 0.25) is 0 Å². The lowest BCUT2D eigenvalue weighted by molar-refractivity contribution is -0.129. The number of halogens is 1. The van der Waals surface area contributed by atoms with Crippen LogP contribution >= 0.6 is 0 Å². The van der Waals surface area contributed by atoms with Gasteiger partial charge in [0.25, 0.3) is 0 Å². The molecule has 0 bridgehead atoms. The summed E-state index contributed by atoms with van der Waals surface area (Å²) in [4.78, 5) is 30.3. The van der Waals surface area contributed by atoms with Crippen LogP contribution < -0.4 is 5.32 Å². The number of pyridine rings is 1. The summed E-state index contributed by atoms with van der Waals surface area (Å²) in [6.45, 7) is 2.82. The number of aryl methyl sites for hydroxylation is 1. The van der Waals surface area contributed by atoms with Crippen LogP contribution in [0.5, 0.6) is 0 Å². The Labute approximate surface area is 145 Å². The summed E-state index contributed by atoms with van der Waals surface area (Å²) in [5.41, 5.74) is 2.19. The molecule has 1 aliphatic rings. The second kappa shape index (κ2) is 7.42. The van der Waals surface area contributed by atoms with Crippen molar-refractivity contribution in [2.24, 2.45) is 5.92 Å². The van der Waals surface area contributed by atoms with Crippen LogP contribution in [-0.4, -0.2) is 28.2 Å². The third-order valence-corrected chi connectivity index (χ3v) is 4.35. The lowest BCUT2D eigenvalue weighted by Gasteiger charge is -2.16. The molecule has 1 atom stereocenters. The van der Waals surface area contributed by atoms with Gasteiger partial charge in [-0.1, -0.05) is 18.2 Å². The van der Waals surface area contributed by atoms with E-state index in [0.29, 0.717) is 25.2 Å². The van der Waals surface area contributed by atoms with Gasteiger partial charge in [-0.25, -0.2) is 4.39 Å². The van der Waals surface area contributed by atoms with E-state index < -0.39 is 0 Å². The fourth-order valence-corrected chi connectivity index (χ4v) is 2.94. The van der Waals surface area contributed by atoms with E-state index in [-0.39, 0.29) is 30.0 Å². The number of rotatable bonds is 5. The molecular formula is C19H20FN3O2. The fourth-order valence-electron chi connectivity index (χ4n) is 2.94. The molecular weight excluding hydrogens is 321 g/mol. The lowest BCUT2D eigenvalue weighted by Crippen LogP contribution is -2.32. The second-order valence-corrected chi connectivity index (χ2v) is 6.30. The molecule has 0 spiro atoms. The van der Waals surface area contributed by atoms with E-state index in [2.05, 4.69) is 10.3 Å². The number of aromatic nitrogens is 1. The van der Waals surface area contributed by atoms with Gasteiger partial charge in [0.05, 0.1) is 18.2 Å². The van der Waals surface area contributed by atoms with Gasteiger partial charge < -0.3 is 10.2 Å². The summed E-state index contributed by atoms with van der Waals surface area (Å²) in [5.74, 6) is -0.818. The molecule has 0 unspecified atom stereocenters. The number of nitrogens with zero attached hydrogens (tertiary/aromatic N) is 2. The predicted octanol–water partition coefficient (Wildman–Crippen LogP) is 2.19. The monoisotopic (exact) mass is 341 g/mol. The van der Waals surface area contributed by atoms with Crippen LogP contribution in [0.25, 0.3) is 0 Å². The number of likely N-dealkylation sites (tertiary alicyclic amines) is 1. The Bertz CT molecular complexity index is 779. The second-order valence-electron chi connectivity index (χ2n) is 6.30. The van der Waals surface area contributed by atoms with Crippen molar-refractivity contribution in [2.75, 3.05) is 6.54 Å². The quantitative estimate of drug-likeness (QED) is 0.907. The fraction of sp³-hybridized carbons (Fsp3) is 0.316. The van der Waals surface area contributed by atoms with E-state index in [1.54, 1.807) is 30.2 Å². The van der Waals surface area contributed by atoms with Crippen molar-refractivity contribution in [1.29, 1.82) is 0 Å². The van der Waals surface area contributed by atoms with Crippen LogP contribution in [0.4, 0.5) is 4.39 Å². The topological polar surface area (TPSA) is 62.3 Å². The van der Waals surface area contributed by atoms with E-state index in [9.17, 15) is 14.0 Å². The molecule has 1 aromatic heterocycles. The molecule has 3 rings (SSSR count). The van der Waals surface area contributed by atoms with Crippen LogP contribution in [0.15, 0.2) is 42.6 Å². The third kappa shape index (κ3) is 4.21. The molecule has 2 heterocycles.